The first kappa shape index (κ1) is 14.3. The van der Waals surface area contributed by atoms with E-state index in [4.69, 9.17) is 0 Å². The van der Waals surface area contributed by atoms with Gasteiger partial charge in [-0.1, -0.05) is 13.8 Å². The van der Waals surface area contributed by atoms with Gasteiger partial charge < -0.3 is 10.0 Å². The summed E-state index contributed by atoms with van der Waals surface area (Å²) in [4.78, 5) is 24.8. The fourth-order valence-corrected chi connectivity index (χ4v) is 5.56. The van der Waals surface area contributed by atoms with Gasteiger partial charge in [-0.3, -0.25) is 9.59 Å². The van der Waals surface area contributed by atoms with Crippen LogP contribution in [0.3, 0.4) is 0 Å². The highest BCUT2D eigenvalue weighted by Gasteiger charge is 2.61. The van der Waals surface area contributed by atoms with E-state index in [9.17, 15) is 23.1 Å². The third-order valence-corrected chi connectivity index (χ3v) is 6.93. The van der Waals surface area contributed by atoms with Crippen molar-refractivity contribution >= 4 is 21.7 Å². The van der Waals surface area contributed by atoms with Crippen LogP contribution in [0.25, 0.3) is 0 Å². The standard InChI is InChI=1S/C12H19NO5S/c1-8(2)10(14)13-5-4-12(7-13)9(11(15)16)3-6-19(12,17)18/h8-9H,3-7H2,1-2H3,(H,15,16). The molecule has 6 nitrogen and oxygen atoms in total. The van der Waals surface area contributed by atoms with Crippen LogP contribution in [0.1, 0.15) is 26.7 Å². The molecule has 0 aromatic heterocycles. The van der Waals surface area contributed by atoms with Gasteiger partial charge >= 0.3 is 5.97 Å². The van der Waals surface area contributed by atoms with Crippen LogP contribution in [0.15, 0.2) is 0 Å². The molecule has 1 spiro atoms. The average Bonchev–Trinajstić information content (AvgIpc) is 2.83. The summed E-state index contributed by atoms with van der Waals surface area (Å²) in [6, 6.07) is 0. The molecular weight excluding hydrogens is 270 g/mol. The first-order valence-electron chi connectivity index (χ1n) is 6.45. The monoisotopic (exact) mass is 289 g/mol. The first-order valence-corrected chi connectivity index (χ1v) is 8.10. The van der Waals surface area contributed by atoms with Crippen molar-refractivity contribution in [3.63, 3.8) is 0 Å². The number of hydrogen-bond acceptors (Lipinski definition) is 4. The van der Waals surface area contributed by atoms with Gasteiger partial charge in [-0.2, -0.15) is 0 Å². The summed E-state index contributed by atoms with van der Waals surface area (Å²) in [5.41, 5.74) is 0. The maximum atomic E-state index is 12.2. The molecule has 2 aliphatic rings. The highest BCUT2D eigenvalue weighted by atomic mass is 32.2. The first-order chi connectivity index (χ1) is 8.71. The molecule has 19 heavy (non-hydrogen) atoms. The number of carbonyl (C=O) groups excluding carboxylic acids is 1. The maximum Gasteiger partial charge on any atom is 0.308 e. The molecule has 2 fully saturated rings. The van der Waals surface area contributed by atoms with Crippen LogP contribution < -0.4 is 0 Å². The van der Waals surface area contributed by atoms with E-state index in [0.29, 0.717) is 6.54 Å². The second kappa shape index (κ2) is 4.47. The van der Waals surface area contributed by atoms with E-state index < -0.39 is 26.5 Å². The highest BCUT2D eigenvalue weighted by Crippen LogP contribution is 2.44. The van der Waals surface area contributed by atoms with E-state index in [2.05, 4.69) is 0 Å². The Balaban J connectivity index is 2.32. The number of sulfone groups is 1. The van der Waals surface area contributed by atoms with Gasteiger partial charge in [0.15, 0.2) is 9.84 Å². The van der Waals surface area contributed by atoms with Crippen molar-refractivity contribution in [3.05, 3.63) is 0 Å². The Kier molecular flexibility index (Phi) is 3.36. The number of hydrogen-bond donors (Lipinski definition) is 1. The van der Waals surface area contributed by atoms with Crippen LogP contribution in [-0.4, -0.2) is 53.9 Å². The third kappa shape index (κ3) is 2.04. The topological polar surface area (TPSA) is 91.8 Å². The van der Waals surface area contributed by atoms with Crippen LogP contribution >= 0.6 is 0 Å². The zero-order valence-electron chi connectivity index (χ0n) is 11.1. The molecule has 0 radical (unpaired) electrons. The average molecular weight is 289 g/mol. The molecule has 0 aliphatic carbocycles. The molecule has 1 amide bonds. The molecule has 2 aliphatic heterocycles. The van der Waals surface area contributed by atoms with E-state index >= 15 is 0 Å². The molecule has 0 aromatic rings. The Bertz CT molecular complexity index is 512. The molecule has 108 valence electrons. The van der Waals surface area contributed by atoms with E-state index in [0.717, 1.165) is 0 Å². The largest absolute Gasteiger partial charge is 0.481 e. The molecular formula is C12H19NO5S. The van der Waals surface area contributed by atoms with Crippen LogP contribution in [0.5, 0.6) is 0 Å². The predicted octanol–water partition coefficient (Wildman–Crippen LogP) is 0.133. The van der Waals surface area contributed by atoms with Crippen molar-refractivity contribution in [2.24, 2.45) is 11.8 Å². The lowest BCUT2D eigenvalue weighted by Crippen LogP contribution is -2.47. The summed E-state index contributed by atoms with van der Waals surface area (Å²) in [6.45, 7) is 3.87. The lowest BCUT2D eigenvalue weighted by Gasteiger charge is -2.27. The van der Waals surface area contributed by atoms with Gasteiger partial charge in [0.2, 0.25) is 5.91 Å². The summed E-state index contributed by atoms with van der Waals surface area (Å²) in [5.74, 6) is -2.36. The molecule has 0 bridgehead atoms. The van der Waals surface area contributed by atoms with Crippen molar-refractivity contribution in [2.75, 3.05) is 18.8 Å². The Labute approximate surface area is 112 Å². The Morgan fingerprint density at radius 2 is 2.00 bits per heavy atom. The fourth-order valence-electron chi connectivity index (χ4n) is 3.20. The summed E-state index contributed by atoms with van der Waals surface area (Å²) in [7, 11) is -3.45. The Hall–Kier alpha value is -1.11. The number of amides is 1. The number of likely N-dealkylation sites (tertiary alicyclic amines) is 1. The summed E-state index contributed by atoms with van der Waals surface area (Å²) < 4.78 is 23.2. The van der Waals surface area contributed by atoms with Crippen LogP contribution in [0.4, 0.5) is 0 Å². The zero-order chi connectivity index (χ0) is 14.4. The van der Waals surface area contributed by atoms with Gasteiger partial charge in [0.05, 0.1) is 11.7 Å². The van der Waals surface area contributed by atoms with Crippen molar-refractivity contribution in [1.29, 1.82) is 0 Å². The number of carboxylic acids is 1. The number of carbonyl (C=O) groups is 2. The minimum absolute atomic E-state index is 0.0311. The summed E-state index contributed by atoms with van der Waals surface area (Å²) in [6.07, 6.45) is 0.395. The SMILES string of the molecule is CC(C)C(=O)N1CCC2(C1)C(C(=O)O)CCS2(=O)=O. The van der Waals surface area contributed by atoms with E-state index in [1.807, 2.05) is 0 Å². The quantitative estimate of drug-likeness (QED) is 0.780. The molecule has 2 rings (SSSR count). The van der Waals surface area contributed by atoms with E-state index in [1.165, 1.54) is 4.90 Å². The van der Waals surface area contributed by atoms with Crippen molar-refractivity contribution in [1.82, 2.24) is 4.90 Å². The molecule has 0 aromatic carbocycles. The molecule has 2 unspecified atom stereocenters. The number of rotatable bonds is 2. The predicted molar refractivity (Wildman–Crippen MR) is 68.3 cm³/mol. The molecule has 1 N–H and O–H groups in total. The minimum Gasteiger partial charge on any atom is -0.481 e. The normalized spacial score (nSPS) is 33.2. The van der Waals surface area contributed by atoms with Gasteiger partial charge in [-0.25, -0.2) is 8.42 Å². The third-order valence-electron chi connectivity index (χ3n) is 4.30. The number of nitrogens with zero attached hydrogens (tertiary/aromatic N) is 1. The lowest BCUT2D eigenvalue weighted by atomic mass is 9.89. The van der Waals surface area contributed by atoms with E-state index in [-0.39, 0.29) is 37.0 Å². The molecule has 7 heteroatoms. The zero-order valence-corrected chi connectivity index (χ0v) is 11.9. The van der Waals surface area contributed by atoms with Crippen LogP contribution in [0, 0.1) is 11.8 Å². The second-order valence-corrected chi connectivity index (χ2v) is 8.18. The van der Waals surface area contributed by atoms with Gasteiger partial charge in [-0.05, 0) is 12.8 Å². The summed E-state index contributed by atoms with van der Waals surface area (Å²) >= 11 is 0. The smallest absolute Gasteiger partial charge is 0.308 e. The molecule has 0 saturated carbocycles. The van der Waals surface area contributed by atoms with Gasteiger partial charge in [0, 0.05) is 19.0 Å². The van der Waals surface area contributed by atoms with Gasteiger partial charge in [0.25, 0.3) is 0 Å². The Morgan fingerprint density at radius 3 is 2.53 bits per heavy atom. The number of carboxylic acid groups (broad SMARTS) is 1. The second-order valence-electron chi connectivity index (χ2n) is 5.73. The van der Waals surface area contributed by atoms with Gasteiger partial charge in [0.1, 0.15) is 4.75 Å². The van der Waals surface area contributed by atoms with Crippen LogP contribution in [0.2, 0.25) is 0 Å². The fraction of sp³-hybridized carbons (Fsp3) is 0.833. The lowest BCUT2D eigenvalue weighted by molar-refractivity contribution is -0.143. The van der Waals surface area contributed by atoms with Crippen molar-refractivity contribution < 1.29 is 23.1 Å². The van der Waals surface area contributed by atoms with Crippen LogP contribution in [-0.2, 0) is 19.4 Å². The molecule has 2 saturated heterocycles. The maximum absolute atomic E-state index is 12.2. The van der Waals surface area contributed by atoms with Gasteiger partial charge in [-0.15, -0.1) is 0 Å². The highest BCUT2D eigenvalue weighted by molar-refractivity contribution is 7.93. The Morgan fingerprint density at radius 1 is 1.37 bits per heavy atom. The summed E-state index contributed by atoms with van der Waals surface area (Å²) in [5, 5.41) is 9.24. The van der Waals surface area contributed by atoms with Crippen molar-refractivity contribution in [3.8, 4) is 0 Å². The molecule has 2 heterocycles. The van der Waals surface area contributed by atoms with Crippen molar-refractivity contribution in [2.45, 2.75) is 31.4 Å². The minimum atomic E-state index is -3.45. The van der Waals surface area contributed by atoms with E-state index in [1.54, 1.807) is 13.8 Å². The molecule has 2 atom stereocenters. The number of aliphatic carboxylic acids is 1.